The molecular formula is C28H34F2N6O4. The average Bonchev–Trinajstić information content (AvgIpc) is 2.90. The molecule has 1 aliphatic heterocycles. The van der Waals surface area contributed by atoms with Crippen LogP contribution >= 0.6 is 0 Å². The Labute approximate surface area is 231 Å². The minimum Gasteiger partial charge on any atom is -0.444 e. The van der Waals surface area contributed by atoms with E-state index in [0.717, 1.165) is 6.07 Å². The van der Waals surface area contributed by atoms with Gasteiger partial charge in [0.15, 0.2) is 0 Å². The molecular weight excluding hydrogens is 522 g/mol. The van der Waals surface area contributed by atoms with Crippen LogP contribution in [0.1, 0.15) is 36.7 Å². The lowest BCUT2D eigenvalue weighted by Gasteiger charge is -2.27. The summed E-state index contributed by atoms with van der Waals surface area (Å²) in [5, 5.41) is 5.97. The molecule has 2 heterocycles. The summed E-state index contributed by atoms with van der Waals surface area (Å²) in [4.78, 5) is 38.0. The van der Waals surface area contributed by atoms with E-state index in [0.29, 0.717) is 60.0 Å². The van der Waals surface area contributed by atoms with Crippen molar-refractivity contribution in [1.29, 1.82) is 0 Å². The molecule has 2 N–H and O–H groups in total. The number of nitrogens with zero attached hydrogens (tertiary/aromatic N) is 4. The summed E-state index contributed by atoms with van der Waals surface area (Å²) in [5.74, 6) is -1.07. The number of anilines is 2. The highest BCUT2D eigenvalue weighted by Crippen LogP contribution is 2.26. The molecule has 2 amide bonds. The lowest BCUT2D eigenvalue weighted by atomic mass is 10.1. The molecule has 12 heteroatoms. The van der Waals surface area contributed by atoms with Gasteiger partial charge < -0.3 is 29.9 Å². The zero-order chi connectivity index (χ0) is 28.9. The first kappa shape index (κ1) is 28.9. The van der Waals surface area contributed by atoms with E-state index in [9.17, 15) is 18.4 Å². The molecule has 4 rings (SSSR count). The second-order valence-electron chi connectivity index (χ2n) is 10.5. The van der Waals surface area contributed by atoms with Gasteiger partial charge in [0.05, 0.1) is 30.6 Å². The van der Waals surface area contributed by atoms with Gasteiger partial charge >= 0.3 is 6.09 Å². The van der Waals surface area contributed by atoms with E-state index in [4.69, 9.17) is 14.5 Å². The van der Waals surface area contributed by atoms with Crippen LogP contribution in [-0.2, 0) is 16.0 Å². The molecule has 2 aromatic carbocycles. The van der Waals surface area contributed by atoms with Gasteiger partial charge in [-0.15, -0.1) is 0 Å². The van der Waals surface area contributed by atoms with E-state index in [-0.39, 0.29) is 25.5 Å². The molecule has 0 radical (unpaired) electrons. The number of hydrogen-bond donors (Lipinski definition) is 2. The smallest absolute Gasteiger partial charge is 0.410 e. The fourth-order valence-corrected chi connectivity index (χ4v) is 4.10. The van der Waals surface area contributed by atoms with Crippen LogP contribution in [0.4, 0.5) is 25.1 Å². The maximum absolute atomic E-state index is 13.8. The number of aromatic nitrogens is 2. The zero-order valence-electron chi connectivity index (χ0n) is 23.1. The third-order valence-corrected chi connectivity index (χ3v) is 6.08. The molecule has 0 unspecified atom stereocenters. The van der Waals surface area contributed by atoms with Crippen LogP contribution in [0.15, 0.2) is 36.5 Å². The molecule has 1 aliphatic rings. The van der Waals surface area contributed by atoms with E-state index < -0.39 is 23.3 Å². The number of fused-ring (bicyclic) bond motifs is 1. The Morgan fingerprint density at radius 1 is 1.10 bits per heavy atom. The number of carbonyl (C=O) groups excluding carboxylic acids is 2. The van der Waals surface area contributed by atoms with Crippen molar-refractivity contribution in [2.45, 2.75) is 32.9 Å². The van der Waals surface area contributed by atoms with Crippen molar-refractivity contribution in [3.63, 3.8) is 0 Å². The standard InChI is InChI=1S/C28H34F2N6O4/c1-28(2,3)40-27(38)35(4)6-5-31-26(37)19-13-22(32-16-18-11-20(29)15-21(30)12-18)25-23(14-19)33-17-24(34-25)36-7-9-39-10-8-36/h11-15,17,32H,5-10,16H2,1-4H3,(H,31,37). The zero-order valence-corrected chi connectivity index (χ0v) is 23.1. The van der Waals surface area contributed by atoms with Crippen LogP contribution in [0.3, 0.4) is 0 Å². The number of hydrogen-bond acceptors (Lipinski definition) is 8. The third kappa shape index (κ3) is 7.75. The third-order valence-electron chi connectivity index (χ3n) is 6.08. The predicted molar refractivity (Wildman–Crippen MR) is 147 cm³/mol. The van der Waals surface area contributed by atoms with Crippen molar-refractivity contribution >= 4 is 34.5 Å². The highest BCUT2D eigenvalue weighted by atomic mass is 19.1. The molecule has 0 bridgehead atoms. The SMILES string of the molecule is CN(CCNC(=O)c1cc(NCc2cc(F)cc(F)c2)c2nc(N3CCOCC3)cnc2c1)C(=O)OC(C)(C)C. The van der Waals surface area contributed by atoms with Crippen molar-refractivity contribution in [3.05, 3.63) is 59.3 Å². The molecule has 3 aromatic rings. The number of rotatable bonds is 8. The maximum atomic E-state index is 13.8. The first-order chi connectivity index (χ1) is 19.0. The topological polar surface area (TPSA) is 109 Å². The molecule has 1 saturated heterocycles. The number of morpholine rings is 1. The fourth-order valence-electron chi connectivity index (χ4n) is 4.10. The van der Waals surface area contributed by atoms with Crippen LogP contribution in [0, 0.1) is 11.6 Å². The summed E-state index contributed by atoms with van der Waals surface area (Å²) in [6.45, 7) is 8.38. The van der Waals surface area contributed by atoms with Crippen molar-refractivity contribution in [3.8, 4) is 0 Å². The highest BCUT2D eigenvalue weighted by molar-refractivity contribution is 6.01. The van der Waals surface area contributed by atoms with Crippen molar-refractivity contribution in [2.75, 3.05) is 56.7 Å². The fraction of sp³-hybridized carbons (Fsp3) is 0.429. The van der Waals surface area contributed by atoms with Gasteiger partial charge in [-0.05, 0) is 50.6 Å². The number of amides is 2. The summed E-state index contributed by atoms with van der Waals surface area (Å²) in [6, 6.07) is 6.54. The second-order valence-corrected chi connectivity index (χ2v) is 10.5. The van der Waals surface area contributed by atoms with Gasteiger partial charge in [0, 0.05) is 51.4 Å². The number of likely N-dealkylation sites (N-methyl/N-ethyl adjacent to an activating group) is 1. The minimum atomic E-state index is -0.680. The molecule has 1 fully saturated rings. The summed E-state index contributed by atoms with van der Waals surface area (Å²) >= 11 is 0. The van der Waals surface area contributed by atoms with Crippen LogP contribution in [0.25, 0.3) is 11.0 Å². The minimum absolute atomic E-state index is 0.0962. The molecule has 1 aromatic heterocycles. The Bertz CT molecular complexity index is 1350. The first-order valence-corrected chi connectivity index (χ1v) is 13.0. The molecule has 0 saturated carbocycles. The van der Waals surface area contributed by atoms with Gasteiger partial charge in [-0.2, -0.15) is 0 Å². The van der Waals surface area contributed by atoms with Crippen LogP contribution in [0.2, 0.25) is 0 Å². The maximum Gasteiger partial charge on any atom is 0.410 e. The molecule has 214 valence electrons. The molecule has 10 nitrogen and oxygen atoms in total. The van der Waals surface area contributed by atoms with E-state index in [1.54, 1.807) is 46.1 Å². The van der Waals surface area contributed by atoms with Crippen molar-refractivity contribution in [1.82, 2.24) is 20.2 Å². The van der Waals surface area contributed by atoms with Crippen LogP contribution in [-0.4, -0.2) is 78.9 Å². The molecule has 0 aliphatic carbocycles. The lowest BCUT2D eigenvalue weighted by Crippen LogP contribution is -2.39. The molecule has 0 atom stereocenters. The Kier molecular flexibility index (Phi) is 8.98. The van der Waals surface area contributed by atoms with Crippen molar-refractivity contribution in [2.24, 2.45) is 0 Å². The van der Waals surface area contributed by atoms with Gasteiger partial charge in [-0.1, -0.05) is 0 Å². The number of carbonyl (C=O) groups is 2. The highest BCUT2D eigenvalue weighted by Gasteiger charge is 2.20. The predicted octanol–water partition coefficient (Wildman–Crippen LogP) is 3.95. The van der Waals surface area contributed by atoms with Gasteiger partial charge in [-0.3, -0.25) is 9.78 Å². The van der Waals surface area contributed by atoms with Crippen LogP contribution in [0.5, 0.6) is 0 Å². The second kappa shape index (κ2) is 12.4. The summed E-state index contributed by atoms with van der Waals surface area (Å²) in [5.41, 5.74) is 1.56. The van der Waals surface area contributed by atoms with E-state index in [1.807, 2.05) is 0 Å². The van der Waals surface area contributed by atoms with Crippen LogP contribution < -0.4 is 15.5 Å². The normalized spacial score (nSPS) is 13.7. The largest absolute Gasteiger partial charge is 0.444 e. The van der Waals surface area contributed by atoms with E-state index in [1.165, 1.54) is 17.0 Å². The Hall–Kier alpha value is -4.06. The Morgan fingerprint density at radius 3 is 2.48 bits per heavy atom. The molecule has 40 heavy (non-hydrogen) atoms. The number of ether oxygens (including phenoxy) is 2. The quantitative estimate of drug-likeness (QED) is 0.429. The summed E-state index contributed by atoms with van der Waals surface area (Å²) < 4.78 is 38.3. The number of nitrogens with one attached hydrogen (secondary N) is 2. The number of benzene rings is 2. The average molecular weight is 557 g/mol. The van der Waals surface area contributed by atoms with E-state index >= 15 is 0 Å². The Balaban J connectivity index is 1.54. The number of halogens is 2. The molecule has 0 spiro atoms. The van der Waals surface area contributed by atoms with Gasteiger partial charge in [0.2, 0.25) is 0 Å². The summed E-state index contributed by atoms with van der Waals surface area (Å²) in [7, 11) is 1.59. The van der Waals surface area contributed by atoms with Gasteiger partial charge in [-0.25, -0.2) is 18.6 Å². The first-order valence-electron chi connectivity index (χ1n) is 13.0. The monoisotopic (exact) mass is 556 g/mol. The lowest BCUT2D eigenvalue weighted by molar-refractivity contribution is 0.0299. The Morgan fingerprint density at radius 2 is 1.80 bits per heavy atom. The van der Waals surface area contributed by atoms with Gasteiger partial charge in [0.1, 0.15) is 28.6 Å². The van der Waals surface area contributed by atoms with E-state index in [2.05, 4.69) is 20.5 Å². The summed E-state index contributed by atoms with van der Waals surface area (Å²) in [6.07, 6.45) is 1.16. The van der Waals surface area contributed by atoms with Gasteiger partial charge in [0.25, 0.3) is 5.91 Å². The van der Waals surface area contributed by atoms with Crippen molar-refractivity contribution < 1.29 is 27.8 Å².